The first-order valence-electron chi connectivity index (χ1n) is 7.97. The highest BCUT2D eigenvalue weighted by Crippen LogP contribution is 2.32. The summed E-state index contributed by atoms with van der Waals surface area (Å²) in [5.74, 6) is 1.43. The van der Waals surface area contributed by atoms with Crippen LogP contribution in [0, 0.1) is 11.8 Å². The quantitative estimate of drug-likeness (QED) is 0.931. The third-order valence-corrected chi connectivity index (χ3v) is 4.49. The van der Waals surface area contributed by atoms with Gasteiger partial charge in [0.15, 0.2) is 5.69 Å². The topological polar surface area (TPSA) is 58.2 Å². The number of ether oxygens (including phenoxy) is 1. The Bertz CT molecular complexity index is 532. The zero-order valence-corrected chi connectivity index (χ0v) is 13.3. The number of hydrogen-bond acceptors (Lipinski definition) is 3. The number of H-pyrrole nitrogens is 1. The molecule has 21 heavy (non-hydrogen) atoms. The molecule has 0 bridgehead atoms. The summed E-state index contributed by atoms with van der Waals surface area (Å²) in [7, 11) is 0. The van der Waals surface area contributed by atoms with Gasteiger partial charge in [0.05, 0.1) is 17.9 Å². The lowest BCUT2D eigenvalue weighted by molar-refractivity contribution is -0.00711. The molecule has 1 saturated heterocycles. The Hall–Kier alpha value is -1.36. The standard InChI is InChI=1S/C16H25N3O2/c1-9(2)5-12-7-19(8-12)16(20)15-13-6-10(3)21-11(4)14(13)17-18-15/h9-12H,5-8H2,1-4H3,(H,17,18)/t10-,11+/m0/s1. The van der Waals surface area contributed by atoms with Crippen LogP contribution >= 0.6 is 0 Å². The predicted molar refractivity (Wildman–Crippen MR) is 80.1 cm³/mol. The molecule has 2 aliphatic heterocycles. The monoisotopic (exact) mass is 291 g/mol. The van der Waals surface area contributed by atoms with Gasteiger partial charge >= 0.3 is 0 Å². The Morgan fingerprint density at radius 2 is 2.14 bits per heavy atom. The Kier molecular flexibility index (Phi) is 3.78. The van der Waals surface area contributed by atoms with Crippen LogP contribution in [-0.4, -0.2) is 40.2 Å². The van der Waals surface area contributed by atoms with Crippen molar-refractivity contribution in [3.05, 3.63) is 17.0 Å². The minimum atomic E-state index is -0.0112. The maximum Gasteiger partial charge on any atom is 0.274 e. The normalized spacial score (nSPS) is 25.9. The van der Waals surface area contributed by atoms with Crippen LogP contribution in [0.5, 0.6) is 0 Å². The maximum absolute atomic E-state index is 12.6. The van der Waals surface area contributed by atoms with Crippen molar-refractivity contribution in [1.82, 2.24) is 15.1 Å². The van der Waals surface area contributed by atoms with Gasteiger partial charge in [-0.15, -0.1) is 0 Å². The number of carbonyl (C=O) groups is 1. The predicted octanol–water partition coefficient (Wildman–Crippen LogP) is 2.55. The summed E-state index contributed by atoms with van der Waals surface area (Å²) in [6.07, 6.45) is 2.09. The molecule has 1 aromatic heterocycles. The third-order valence-electron chi connectivity index (χ3n) is 4.49. The minimum Gasteiger partial charge on any atom is -0.369 e. The van der Waals surface area contributed by atoms with E-state index in [9.17, 15) is 4.79 Å². The van der Waals surface area contributed by atoms with Crippen molar-refractivity contribution >= 4 is 5.91 Å². The first-order chi connectivity index (χ1) is 9.95. The molecule has 2 atom stereocenters. The molecule has 0 radical (unpaired) electrons. The van der Waals surface area contributed by atoms with Crippen molar-refractivity contribution in [2.45, 2.75) is 52.7 Å². The van der Waals surface area contributed by atoms with Crippen LogP contribution in [0.3, 0.4) is 0 Å². The van der Waals surface area contributed by atoms with E-state index < -0.39 is 0 Å². The molecular weight excluding hydrogens is 266 g/mol. The lowest BCUT2D eigenvalue weighted by Crippen LogP contribution is -2.50. The first-order valence-corrected chi connectivity index (χ1v) is 7.97. The van der Waals surface area contributed by atoms with E-state index in [2.05, 4.69) is 24.0 Å². The molecule has 0 aromatic carbocycles. The van der Waals surface area contributed by atoms with Gasteiger partial charge in [-0.25, -0.2) is 0 Å². The van der Waals surface area contributed by atoms with E-state index in [1.54, 1.807) is 0 Å². The average molecular weight is 291 g/mol. The average Bonchev–Trinajstić information content (AvgIpc) is 2.76. The Labute approximate surface area is 126 Å². The first kappa shape index (κ1) is 14.6. The molecule has 5 nitrogen and oxygen atoms in total. The van der Waals surface area contributed by atoms with Gasteiger partial charge in [-0.3, -0.25) is 9.89 Å². The summed E-state index contributed by atoms with van der Waals surface area (Å²) in [4.78, 5) is 14.5. The highest BCUT2D eigenvalue weighted by Gasteiger charge is 2.36. The SMILES string of the molecule is CC(C)CC1CN(C(=O)c2n[nH]c3c2C[C@H](C)O[C@@H]3C)C1. The fourth-order valence-corrected chi connectivity index (χ4v) is 3.55. The van der Waals surface area contributed by atoms with Gasteiger partial charge in [0.2, 0.25) is 0 Å². The third kappa shape index (κ3) is 2.71. The summed E-state index contributed by atoms with van der Waals surface area (Å²) in [5, 5.41) is 7.28. The van der Waals surface area contributed by atoms with Gasteiger partial charge in [0.25, 0.3) is 5.91 Å². The number of amides is 1. The zero-order valence-electron chi connectivity index (χ0n) is 13.3. The number of likely N-dealkylation sites (tertiary alicyclic amines) is 1. The van der Waals surface area contributed by atoms with Crippen molar-refractivity contribution in [2.75, 3.05) is 13.1 Å². The largest absolute Gasteiger partial charge is 0.369 e. The van der Waals surface area contributed by atoms with E-state index in [-0.39, 0.29) is 18.1 Å². The zero-order chi connectivity index (χ0) is 15.1. The molecule has 0 spiro atoms. The number of hydrogen-bond donors (Lipinski definition) is 1. The number of nitrogens with zero attached hydrogens (tertiary/aromatic N) is 2. The Balaban J connectivity index is 1.70. The lowest BCUT2D eigenvalue weighted by Gasteiger charge is -2.40. The maximum atomic E-state index is 12.6. The number of aromatic amines is 1. The van der Waals surface area contributed by atoms with Crippen LogP contribution in [-0.2, 0) is 11.2 Å². The van der Waals surface area contributed by atoms with Crippen molar-refractivity contribution in [3.8, 4) is 0 Å². The molecule has 1 N–H and O–H groups in total. The van der Waals surface area contributed by atoms with E-state index in [0.717, 1.165) is 30.8 Å². The van der Waals surface area contributed by atoms with Crippen LogP contribution in [0.25, 0.3) is 0 Å². The van der Waals surface area contributed by atoms with E-state index in [1.165, 1.54) is 6.42 Å². The molecule has 2 aliphatic rings. The van der Waals surface area contributed by atoms with Gasteiger partial charge in [-0.2, -0.15) is 5.10 Å². The molecule has 5 heteroatoms. The summed E-state index contributed by atoms with van der Waals surface area (Å²) < 4.78 is 5.77. The highest BCUT2D eigenvalue weighted by atomic mass is 16.5. The van der Waals surface area contributed by atoms with Gasteiger partial charge in [0.1, 0.15) is 0 Å². The van der Waals surface area contributed by atoms with Crippen molar-refractivity contribution in [1.29, 1.82) is 0 Å². The molecule has 3 rings (SSSR count). The van der Waals surface area contributed by atoms with E-state index >= 15 is 0 Å². The van der Waals surface area contributed by atoms with Crippen LogP contribution < -0.4 is 0 Å². The molecule has 0 saturated carbocycles. The van der Waals surface area contributed by atoms with Crippen molar-refractivity contribution in [3.63, 3.8) is 0 Å². The summed E-state index contributed by atoms with van der Waals surface area (Å²) >= 11 is 0. The van der Waals surface area contributed by atoms with Gasteiger partial charge < -0.3 is 9.64 Å². The van der Waals surface area contributed by atoms with Crippen LogP contribution in [0.4, 0.5) is 0 Å². The summed E-state index contributed by atoms with van der Waals surface area (Å²) in [5.41, 5.74) is 2.63. The second-order valence-corrected chi connectivity index (χ2v) is 6.96. The molecular formula is C16H25N3O2. The van der Waals surface area contributed by atoms with Crippen LogP contribution in [0.2, 0.25) is 0 Å². The number of rotatable bonds is 3. The summed E-state index contributed by atoms with van der Waals surface area (Å²) in [6.45, 7) is 10.3. The molecule has 3 heterocycles. The molecule has 1 fully saturated rings. The lowest BCUT2D eigenvalue weighted by atomic mass is 9.89. The Morgan fingerprint density at radius 1 is 1.43 bits per heavy atom. The Morgan fingerprint density at radius 3 is 2.81 bits per heavy atom. The number of nitrogens with one attached hydrogen (secondary N) is 1. The summed E-state index contributed by atoms with van der Waals surface area (Å²) in [6, 6.07) is 0. The van der Waals surface area contributed by atoms with E-state index in [1.807, 2.05) is 18.7 Å². The molecule has 1 amide bonds. The molecule has 1 aromatic rings. The number of carbonyl (C=O) groups excluding carboxylic acids is 1. The fraction of sp³-hybridized carbons (Fsp3) is 0.750. The smallest absolute Gasteiger partial charge is 0.274 e. The molecule has 0 unspecified atom stereocenters. The minimum absolute atomic E-state index is 0.0112. The second kappa shape index (κ2) is 5.44. The fourth-order valence-electron chi connectivity index (χ4n) is 3.55. The van der Waals surface area contributed by atoms with Crippen LogP contribution in [0.1, 0.15) is 62.0 Å². The van der Waals surface area contributed by atoms with Crippen molar-refractivity contribution < 1.29 is 9.53 Å². The van der Waals surface area contributed by atoms with E-state index in [4.69, 9.17) is 4.74 Å². The van der Waals surface area contributed by atoms with Crippen LogP contribution in [0.15, 0.2) is 0 Å². The second-order valence-electron chi connectivity index (χ2n) is 6.96. The van der Waals surface area contributed by atoms with Gasteiger partial charge in [-0.1, -0.05) is 13.8 Å². The number of fused-ring (bicyclic) bond motifs is 1. The molecule has 0 aliphatic carbocycles. The van der Waals surface area contributed by atoms with E-state index in [0.29, 0.717) is 17.5 Å². The molecule has 116 valence electrons. The van der Waals surface area contributed by atoms with Gasteiger partial charge in [-0.05, 0) is 32.1 Å². The number of aromatic nitrogens is 2. The van der Waals surface area contributed by atoms with Gasteiger partial charge in [0, 0.05) is 25.1 Å². The van der Waals surface area contributed by atoms with Crippen molar-refractivity contribution in [2.24, 2.45) is 11.8 Å². The highest BCUT2D eigenvalue weighted by molar-refractivity contribution is 5.94.